The van der Waals surface area contributed by atoms with Crippen molar-refractivity contribution in [1.29, 1.82) is 0 Å². The fourth-order valence-electron chi connectivity index (χ4n) is 1.48. The first-order valence-corrected chi connectivity index (χ1v) is 6.60. The summed E-state index contributed by atoms with van der Waals surface area (Å²) in [6.07, 6.45) is 1.97. The van der Waals surface area contributed by atoms with E-state index in [0.29, 0.717) is 23.2 Å². The number of carbonyl (C=O) groups is 1. The van der Waals surface area contributed by atoms with Crippen LogP contribution in [0.15, 0.2) is 0 Å². The second kappa shape index (κ2) is 6.44. The number of esters is 1. The van der Waals surface area contributed by atoms with Gasteiger partial charge in [-0.15, -0.1) is 0 Å². The number of rotatable bonds is 6. The van der Waals surface area contributed by atoms with Gasteiger partial charge in [-0.2, -0.15) is 4.37 Å². The minimum Gasteiger partial charge on any atom is -0.462 e. The van der Waals surface area contributed by atoms with Crippen LogP contribution < -0.4 is 11.1 Å². The van der Waals surface area contributed by atoms with Crippen molar-refractivity contribution in [1.82, 2.24) is 4.37 Å². The highest BCUT2D eigenvalue weighted by molar-refractivity contribution is 7.11. The van der Waals surface area contributed by atoms with Crippen LogP contribution in [0.25, 0.3) is 0 Å². The number of carbonyl (C=O) groups excluding carboxylic acids is 1. The molecule has 6 heteroatoms. The Labute approximate surface area is 106 Å². The Morgan fingerprint density at radius 2 is 2.12 bits per heavy atom. The summed E-state index contributed by atoms with van der Waals surface area (Å²) in [5.41, 5.74) is 6.05. The van der Waals surface area contributed by atoms with Gasteiger partial charge in [-0.25, -0.2) is 4.79 Å². The van der Waals surface area contributed by atoms with Crippen LogP contribution in [0.2, 0.25) is 0 Å². The van der Waals surface area contributed by atoms with Gasteiger partial charge in [-0.3, -0.25) is 0 Å². The lowest BCUT2D eigenvalue weighted by atomic mass is 10.1. The lowest BCUT2D eigenvalue weighted by Crippen LogP contribution is -2.18. The van der Waals surface area contributed by atoms with Crippen molar-refractivity contribution in [3.63, 3.8) is 0 Å². The Morgan fingerprint density at radius 1 is 1.47 bits per heavy atom. The second-order valence-corrected chi connectivity index (χ2v) is 4.42. The van der Waals surface area contributed by atoms with Crippen LogP contribution in [-0.4, -0.2) is 23.0 Å². The van der Waals surface area contributed by atoms with Gasteiger partial charge < -0.3 is 15.8 Å². The summed E-state index contributed by atoms with van der Waals surface area (Å²) in [6.45, 7) is 6.28. The number of nitrogens with one attached hydrogen (secondary N) is 1. The normalized spacial score (nSPS) is 10.6. The molecule has 0 fully saturated rings. The van der Waals surface area contributed by atoms with Crippen LogP contribution in [0, 0.1) is 0 Å². The molecule has 96 valence electrons. The van der Waals surface area contributed by atoms with Crippen molar-refractivity contribution in [3.8, 4) is 0 Å². The van der Waals surface area contributed by atoms with E-state index < -0.39 is 5.97 Å². The molecule has 0 spiro atoms. The maximum atomic E-state index is 11.7. The van der Waals surface area contributed by atoms with Gasteiger partial charge in [0.1, 0.15) is 10.6 Å². The average molecular weight is 257 g/mol. The van der Waals surface area contributed by atoms with Crippen molar-refractivity contribution in [3.05, 3.63) is 5.56 Å². The third kappa shape index (κ3) is 3.33. The van der Waals surface area contributed by atoms with Gasteiger partial charge in [-0.05, 0) is 31.3 Å². The zero-order valence-electron chi connectivity index (χ0n) is 10.4. The minimum atomic E-state index is -0.410. The van der Waals surface area contributed by atoms with Crippen molar-refractivity contribution < 1.29 is 9.53 Å². The molecule has 0 aliphatic rings. The molecule has 1 heterocycles. The monoisotopic (exact) mass is 257 g/mol. The zero-order chi connectivity index (χ0) is 12.8. The predicted molar refractivity (Wildman–Crippen MR) is 70.5 cm³/mol. The maximum absolute atomic E-state index is 11.7. The van der Waals surface area contributed by atoms with Gasteiger partial charge >= 0.3 is 5.97 Å². The van der Waals surface area contributed by atoms with E-state index in [1.165, 1.54) is 11.5 Å². The Balaban J connectivity index is 2.89. The lowest BCUT2D eigenvalue weighted by Gasteiger charge is -2.15. The molecular weight excluding hydrogens is 238 g/mol. The third-order valence-electron chi connectivity index (χ3n) is 2.52. The number of hydrogen-bond acceptors (Lipinski definition) is 6. The molecular formula is C11H19N3O2S. The van der Waals surface area contributed by atoms with Gasteiger partial charge in [0.2, 0.25) is 0 Å². The van der Waals surface area contributed by atoms with Crippen LogP contribution in [0.1, 0.15) is 44.0 Å². The van der Waals surface area contributed by atoms with E-state index in [2.05, 4.69) is 23.5 Å². The van der Waals surface area contributed by atoms with E-state index in [9.17, 15) is 4.79 Å². The van der Waals surface area contributed by atoms with E-state index in [1.54, 1.807) is 6.92 Å². The first-order valence-electron chi connectivity index (χ1n) is 5.82. The fraction of sp³-hybridized carbons (Fsp3) is 0.636. The summed E-state index contributed by atoms with van der Waals surface area (Å²) >= 11 is 1.20. The molecule has 0 bridgehead atoms. The Bertz CT molecular complexity index is 375. The summed E-state index contributed by atoms with van der Waals surface area (Å²) in [5.74, 6) is -0.172. The number of aromatic nitrogens is 1. The highest BCUT2D eigenvalue weighted by atomic mass is 32.1. The molecule has 1 aromatic rings. The lowest BCUT2D eigenvalue weighted by molar-refractivity contribution is 0.0529. The molecule has 0 aliphatic carbocycles. The standard InChI is InChI=1S/C11H19N3O2S/c1-4-7(5-2)13-10-8(9(12)14-17-10)11(15)16-6-3/h7,13H,4-6H2,1-3H3,(H2,12,14). The number of nitrogens with zero attached hydrogens (tertiary/aromatic N) is 1. The van der Waals surface area contributed by atoms with Crippen molar-refractivity contribution >= 4 is 28.3 Å². The molecule has 1 aromatic heterocycles. The molecule has 0 saturated heterocycles. The Morgan fingerprint density at radius 3 is 2.65 bits per heavy atom. The number of anilines is 2. The Hall–Kier alpha value is -1.30. The summed E-state index contributed by atoms with van der Waals surface area (Å²) in [4.78, 5) is 11.7. The number of hydrogen-bond donors (Lipinski definition) is 2. The quantitative estimate of drug-likeness (QED) is 0.766. The van der Waals surface area contributed by atoms with E-state index >= 15 is 0 Å². The SMILES string of the molecule is CCOC(=O)c1c(N)nsc1NC(CC)CC. The average Bonchev–Trinajstić information content (AvgIpc) is 2.67. The van der Waals surface area contributed by atoms with Crippen LogP contribution >= 0.6 is 11.5 Å². The van der Waals surface area contributed by atoms with Crippen molar-refractivity contribution in [2.45, 2.75) is 39.7 Å². The maximum Gasteiger partial charge on any atom is 0.344 e. The first-order chi connectivity index (χ1) is 8.13. The summed E-state index contributed by atoms with van der Waals surface area (Å²) in [6, 6.07) is 0.322. The number of nitrogen functional groups attached to an aromatic ring is 1. The topological polar surface area (TPSA) is 77.2 Å². The molecule has 3 N–H and O–H groups in total. The van der Waals surface area contributed by atoms with E-state index in [1.807, 2.05) is 0 Å². The van der Waals surface area contributed by atoms with Gasteiger partial charge in [0.25, 0.3) is 0 Å². The molecule has 0 radical (unpaired) electrons. The van der Waals surface area contributed by atoms with Crippen molar-refractivity contribution in [2.24, 2.45) is 0 Å². The van der Waals surface area contributed by atoms with E-state index in [0.717, 1.165) is 12.8 Å². The molecule has 0 aliphatic heterocycles. The van der Waals surface area contributed by atoms with Crippen molar-refractivity contribution in [2.75, 3.05) is 17.7 Å². The largest absolute Gasteiger partial charge is 0.462 e. The molecule has 0 aromatic carbocycles. The summed E-state index contributed by atoms with van der Waals surface area (Å²) in [5, 5.41) is 3.99. The number of ether oxygens (including phenoxy) is 1. The highest BCUT2D eigenvalue weighted by Crippen LogP contribution is 2.28. The van der Waals surface area contributed by atoms with Crippen LogP contribution in [0.3, 0.4) is 0 Å². The first kappa shape index (κ1) is 13.8. The molecule has 1 rings (SSSR count). The van der Waals surface area contributed by atoms with Crippen LogP contribution in [0.5, 0.6) is 0 Å². The van der Waals surface area contributed by atoms with Gasteiger partial charge in [0.15, 0.2) is 5.82 Å². The molecule has 17 heavy (non-hydrogen) atoms. The second-order valence-electron chi connectivity index (χ2n) is 3.65. The smallest absolute Gasteiger partial charge is 0.344 e. The molecule has 0 amide bonds. The highest BCUT2D eigenvalue weighted by Gasteiger charge is 2.21. The van der Waals surface area contributed by atoms with Gasteiger partial charge in [0, 0.05) is 6.04 Å². The number of nitrogens with two attached hydrogens (primary N) is 1. The predicted octanol–water partition coefficient (Wildman–Crippen LogP) is 2.50. The van der Waals surface area contributed by atoms with Crippen LogP contribution in [0.4, 0.5) is 10.8 Å². The molecule has 0 atom stereocenters. The molecule has 0 unspecified atom stereocenters. The molecule has 0 saturated carbocycles. The van der Waals surface area contributed by atoms with Gasteiger partial charge in [-0.1, -0.05) is 13.8 Å². The van der Waals surface area contributed by atoms with Gasteiger partial charge in [0.05, 0.1) is 6.61 Å². The molecule has 5 nitrogen and oxygen atoms in total. The minimum absolute atomic E-state index is 0.238. The summed E-state index contributed by atoms with van der Waals surface area (Å²) < 4.78 is 8.96. The zero-order valence-corrected chi connectivity index (χ0v) is 11.3. The van der Waals surface area contributed by atoms with E-state index in [-0.39, 0.29) is 5.82 Å². The third-order valence-corrected chi connectivity index (χ3v) is 3.31. The summed E-state index contributed by atoms with van der Waals surface area (Å²) in [7, 11) is 0. The fourth-order valence-corrected chi connectivity index (χ4v) is 2.26. The van der Waals surface area contributed by atoms with E-state index in [4.69, 9.17) is 10.5 Å². The Kier molecular flexibility index (Phi) is 5.21. The van der Waals surface area contributed by atoms with Crippen LogP contribution in [-0.2, 0) is 4.74 Å².